The van der Waals surface area contributed by atoms with Gasteiger partial charge in [0.2, 0.25) is 11.8 Å². The molecule has 1 aliphatic heterocycles. The fourth-order valence-corrected chi connectivity index (χ4v) is 3.18. The quantitative estimate of drug-likeness (QED) is 0.870. The van der Waals surface area contributed by atoms with Gasteiger partial charge in [-0.15, -0.1) is 0 Å². The molecule has 2 amide bonds. The van der Waals surface area contributed by atoms with Crippen molar-refractivity contribution in [1.82, 2.24) is 10.3 Å². The molecular formula is C21H25N3O2. The van der Waals surface area contributed by atoms with Crippen LogP contribution in [0.25, 0.3) is 0 Å². The molecule has 2 aromatic rings. The number of hydrogen-bond donors (Lipinski definition) is 1. The van der Waals surface area contributed by atoms with Gasteiger partial charge in [-0.3, -0.25) is 14.6 Å². The van der Waals surface area contributed by atoms with E-state index in [9.17, 15) is 9.59 Å². The molecule has 26 heavy (non-hydrogen) atoms. The second-order valence-corrected chi connectivity index (χ2v) is 7.01. The third-order valence-electron chi connectivity index (χ3n) is 4.77. The van der Waals surface area contributed by atoms with Crippen molar-refractivity contribution in [3.8, 4) is 0 Å². The van der Waals surface area contributed by atoms with Crippen LogP contribution in [0, 0.1) is 5.92 Å². The second kappa shape index (κ2) is 8.13. The first-order valence-corrected chi connectivity index (χ1v) is 9.12. The summed E-state index contributed by atoms with van der Waals surface area (Å²) < 4.78 is 0. The largest absolute Gasteiger partial charge is 0.355 e. The number of carbonyl (C=O) groups excluding carboxylic acids is 2. The van der Waals surface area contributed by atoms with Gasteiger partial charge in [0, 0.05) is 43.5 Å². The van der Waals surface area contributed by atoms with Crippen molar-refractivity contribution in [2.24, 2.45) is 5.92 Å². The van der Waals surface area contributed by atoms with Gasteiger partial charge < -0.3 is 10.2 Å². The van der Waals surface area contributed by atoms with Crippen LogP contribution in [0.4, 0.5) is 5.69 Å². The fourth-order valence-electron chi connectivity index (χ4n) is 3.18. The molecule has 1 N–H and O–H groups in total. The third-order valence-corrected chi connectivity index (χ3v) is 4.77. The van der Waals surface area contributed by atoms with E-state index in [0.717, 1.165) is 11.4 Å². The van der Waals surface area contributed by atoms with Crippen LogP contribution in [0.2, 0.25) is 0 Å². The van der Waals surface area contributed by atoms with Gasteiger partial charge >= 0.3 is 0 Å². The molecule has 0 aliphatic carbocycles. The standard InChI is InChI=1S/C21H25N3O2/c1-15(2)16-6-8-19(9-7-16)24-14-17(13-20(24)25)21(26)23-12-10-18-5-3-4-11-22-18/h3-9,11,15,17H,10,12-14H2,1-2H3,(H,23,26)/t17-/m0/s1. The predicted molar refractivity (Wildman–Crippen MR) is 102 cm³/mol. The number of amides is 2. The van der Waals surface area contributed by atoms with E-state index in [4.69, 9.17) is 0 Å². The van der Waals surface area contributed by atoms with Crippen LogP contribution in [-0.4, -0.2) is 29.9 Å². The van der Waals surface area contributed by atoms with Gasteiger partial charge in [0.15, 0.2) is 0 Å². The van der Waals surface area contributed by atoms with Crippen molar-refractivity contribution < 1.29 is 9.59 Å². The van der Waals surface area contributed by atoms with Crippen LogP contribution in [0.3, 0.4) is 0 Å². The molecule has 136 valence electrons. The Bertz CT molecular complexity index is 757. The molecule has 0 bridgehead atoms. The number of benzene rings is 1. The van der Waals surface area contributed by atoms with Crippen molar-refractivity contribution in [3.05, 3.63) is 59.9 Å². The van der Waals surface area contributed by atoms with E-state index in [1.807, 2.05) is 42.5 Å². The molecule has 5 nitrogen and oxygen atoms in total. The van der Waals surface area contributed by atoms with Crippen molar-refractivity contribution in [3.63, 3.8) is 0 Å². The molecule has 0 spiro atoms. The van der Waals surface area contributed by atoms with Crippen molar-refractivity contribution in [2.75, 3.05) is 18.0 Å². The van der Waals surface area contributed by atoms with Crippen LogP contribution in [0.15, 0.2) is 48.7 Å². The number of hydrogen-bond acceptors (Lipinski definition) is 3. The Morgan fingerprint density at radius 2 is 2.00 bits per heavy atom. The highest BCUT2D eigenvalue weighted by molar-refractivity contribution is 6.00. The first kappa shape index (κ1) is 18.1. The number of carbonyl (C=O) groups is 2. The van der Waals surface area contributed by atoms with E-state index in [-0.39, 0.29) is 24.2 Å². The lowest BCUT2D eigenvalue weighted by Crippen LogP contribution is -2.34. The highest BCUT2D eigenvalue weighted by Gasteiger charge is 2.34. The minimum absolute atomic E-state index is 0.00664. The normalized spacial score (nSPS) is 17.0. The van der Waals surface area contributed by atoms with E-state index in [2.05, 4.69) is 24.1 Å². The molecule has 1 aromatic carbocycles. The minimum Gasteiger partial charge on any atom is -0.355 e. The maximum absolute atomic E-state index is 12.4. The molecule has 0 unspecified atom stereocenters. The molecule has 5 heteroatoms. The van der Waals surface area contributed by atoms with Gasteiger partial charge in [-0.25, -0.2) is 0 Å². The zero-order valence-corrected chi connectivity index (χ0v) is 15.3. The van der Waals surface area contributed by atoms with E-state index >= 15 is 0 Å². The number of anilines is 1. The topological polar surface area (TPSA) is 62.3 Å². The number of nitrogens with zero attached hydrogens (tertiary/aromatic N) is 2. The smallest absolute Gasteiger partial charge is 0.227 e. The number of nitrogens with one attached hydrogen (secondary N) is 1. The summed E-state index contributed by atoms with van der Waals surface area (Å²) in [6, 6.07) is 13.8. The van der Waals surface area contributed by atoms with Crippen molar-refractivity contribution in [2.45, 2.75) is 32.6 Å². The van der Waals surface area contributed by atoms with Crippen LogP contribution < -0.4 is 10.2 Å². The Balaban J connectivity index is 1.54. The van der Waals surface area contributed by atoms with E-state index in [0.29, 0.717) is 25.4 Å². The summed E-state index contributed by atoms with van der Waals surface area (Å²) in [5.41, 5.74) is 3.05. The lowest BCUT2D eigenvalue weighted by Gasteiger charge is -2.17. The molecule has 3 rings (SSSR count). The molecule has 2 heterocycles. The van der Waals surface area contributed by atoms with Crippen LogP contribution in [0.1, 0.15) is 37.4 Å². The molecule has 1 aromatic heterocycles. The Labute approximate surface area is 154 Å². The van der Waals surface area contributed by atoms with Crippen LogP contribution >= 0.6 is 0 Å². The number of rotatable bonds is 6. The second-order valence-electron chi connectivity index (χ2n) is 7.01. The van der Waals surface area contributed by atoms with Gasteiger partial charge in [0.25, 0.3) is 0 Å². The molecule has 1 fully saturated rings. The fraction of sp³-hybridized carbons (Fsp3) is 0.381. The van der Waals surface area contributed by atoms with Crippen LogP contribution in [-0.2, 0) is 16.0 Å². The summed E-state index contributed by atoms with van der Waals surface area (Å²) in [5.74, 6) is 0.106. The van der Waals surface area contributed by atoms with Gasteiger partial charge in [-0.2, -0.15) is 0 Å². The van der Waals surface area contributed by atoms with Crippen molar-refractivity contribution >= 4 is 17.5 Å². The SMILES string of the molecule is CC(C)c1ccc(N2C[C@@H](C(=O)NCCc3ccccn3)CC2=O)cc1. The average Bonchev–Trinajstić information content (AvgIpc) is 3.04. The lowest BCUT2D eigenvalue weighted by molar-refractivity contribution is -0.126. The van der Waals surface area contributed by atoms with E-state index in [1.54, 1.807) is 11.1 Å². The molecule has 0 radical (unpaired) electrons. The maximum atomic E-state index is 12.4. The highest BCUT2D eigenvalue weighted by Crippen LogP contribution is 2.26. The Morgan fingerprint density at radius 1 is 1.23 bits per heavy atom. The average molecular weight is 351 g/mol. The molecular weight excluding hydrogens is 326 g/mol. The van der Waals surface area contributed by atoms with Gasteiger partial charge in [-0.05, 0) is 35.7 Å². The monoisotopic (exact) mass is 351 g/mol. The van der Waals surface area contributed by atoms with Gasteiger partial charge in [0.1, 0.15) is 0 Å². The van der Waals surface area contributed by atoms with E-state index in [1.165, 1.54) is 5.56 Å². The first-order valence-electron chi connectivity index (χ1n) is 9.12. The Hall–Kier alpha value is -2.69. The number of aromatic nitrogens is 1. The summed E-state index contributed by atoms with van der Waals surface area (Å²) in [5, 5.41) is 2.93. The third kappa shape index (κ3) is 4.28. The molecule has 0 saturated carbocycles. The summed E-state index contributed by atoms with van der Waals surface area (Å²) >= 11 is 0. The zero-order valence-electron chi connectivity index (χ0n) is 15.3. The summed E-state index contributed by atoms with van der Waals surface area (Å²) in [7, 11) is 0. The minimum atomic E-state index is -0.295. The maximum Gasteiger partial charge on any atom is 0.227 e. The zero-order chi connectivity index (χ0) is 18.5. The number of pyridine rings is 1. The Morgan fingerprint density at radius 3 is 2.65 bits per heavy atom. The Kier molecular flexibility index (Phi) is 5.66. The van der Waals surface area contributed by atoms with E-state index < -0.39 is 0 Å². The predicted octanol–water partition coefficient (Wildman–Crippen LogP) is 2.92. The van der Waals surface area contributed by atoms with Gasteiger partial charge in [0.05, 0.1) is 5.92 Å². The molecule has 1 saturated heterocycles. The first-order chi connectivity index (χ1) is 12.5. The summed E-state index contributed by atoms with van der Waals surface area (Å²) in [6.45, 7) is 5.25. The van der Waals surface area contributed by atoms with Gasteiger partial charge in [-0.1, -0.05) is 32.0 Å². The molecule has 1 atom stereocenters. The molecule has 1 aliphatic rings. The highest BCUT2D eigenvalue weighted by atomic mass is 16.2. The summed E-state index contributed by atoms with van der Waals surface area (Å²) in [6.07, 6.45) is 2.70. The lowest BCUT2D eigenvalue weighted by atomic mass is 10.0. The van der Waals surface area contributed by atoms with Crippen LogP contribution in [0.5, 0.6) is 0 Å². The van der Waals surface area contributed by atoms with Crippen molar-refractivity contribution in [1.29, 1.82) is 0 Å². The summed E-state index contributed by atoms with van der Waals surface area (Å²) in [4.78, 5) is 30.7.